The minimum Gasteiger partial charge on any atom is -0.481 e. The Labute approximate surface area is 160 Å². The van der Waals surface area contributed by atoms with Gasteiger partial charge in [0.1, 0.15) is 0 Å². The summed E-state index contributed by atoms with van der Waals surface area (Å²) in [5.74, 6) is -2.26. The first-order valence-corrected chi connectivity index (χ1v) is 8.62. The van der Waals surface area contributed by atoms with Gasteiger partial charge in [-0.1, -0.05) is 0 Å². The number of hydrogen-bond donors (Lipinski definition) is 2. The molecule has 2 heterocycles. The van der Waals surface area contributed by atoms with Crippen molar-refractivity contribution in [2.24, 2.45) is 11.8 Å². The van der Waals surface area contributed by atoms with Gasteiger partial charge in [0.25, 0.3) is 0 Å². The zero-order valence-corrected chi connectivity index (χ0v) is 16.3. The van der Waals surface area contributed by atoms with E-state index in [2.05, 4.69) is 9.80 Å². The Kier molecular flexibility index (Phi) is 9.34. The van der Waals surface area contributed by atoms with Gasteiger partial charge in [-0.3, -0.25) is 19.4 Å². The van der Waals surface area contributed by atoms with Gasteiger partial charge in [0.2, 0.25) is 0 Å². The zero-order valence-electron chi connectivity index (χ0n) is 15.1. The van der Waals surface area contributed by atoms with E-state index in [1.54, 1.807) is 0 Å². The molecule has 0 aromatic rings. The quantitative estimate of drug-likeness (QED) is 0.567. The average Bonchev–Trinajstić information content (AvgIpc) is 2.52. The number of carboxylic acids is 2. The molecule has 2 N–H and O–H groups in total. The van der Waals surface area contributed by atoms with Crippen molar-refractivity contribution in [2.45, 2.75) is 0 Å². The number of likely N-dealkylation sites (N-methyl/N-ethyl adjacent to an activating group) is 2. The fourth-order valence-corrected chi connectivity index (χ4v) is 3.48. The molecule has 2 saturated heterocycles. The first kappa shape index (κ1) is 22.3. The van der Waals surface area contributed by atoms with Gasteiger partial charge < -0.3 is 20.0 Å². The van der Waals surface area contributed by atoms with Crippen molar-refractivity contribution < 1.29 is 36.9 Å². The standard InChI is InChI=1S/C16H30N4O4.Mn/c1-17-3-5-19-7-8-20(11-13(9-17)15(21)22)6-4-18(2)10-14(12-19)16(23)24;/h13-14H,3-12H2,1-2H3,(H,21,22)(H,23,24);/q;+2. The van der Waals surface area contributed by atoms with Crippen LogP contribution in [0.2, 0.25) is 0 Å². The monoisotopic (exact) mass is 397 g/mol. The molecule has 2 aliphatic rings. The van der Waals surface area contributed by atoms with Crippen molar-refractivity contribution in [3.63, 3.8) is 0 Å². The second-order valence-electron chi connectivity index (χ2n) is 7.20. The maximum absolute atomic E-state index is 11.6. The van der Waals surface area contributed by atoms with E-state index in [0.717, 1.165) is 39.3 Å². The zero-order chi connectivity index (χ0) is 17.7. The fraction of sp³-hybridized carbons (Fsp3) is 0.875. The van der Waals surface area contributed by atoms with Gasteiger partial charge in [0.15, 0.2) is 0 Å². The minimum atomic E-state index is -0.740. The summed E-state index contributed by atoms with van der Waals surface area (Å²) in [6.07, 6.45) is 0. The van der Waals surface area contributed by atoms with Gasteiger partial charge in [-0.25, -0.2) is 0 Å². The van der Waals surface area contributed by atoms with E-state index in [1.165, 1.54) is 0 Å². The molecule has 0 spiro atoms. The predicted octanol–water partition coefficient (Wildman–Crippen LogP) is -1.12. The summed E-state index contributed by atoms with van der Waals surface area (Å²) >= 11 is 0. The Morgan fingerprint density at radius 1 is 0.680 bits per heavy atom. The van der Waals surface area contributed by atoms with Gasteiger partial charge >= 0.3 is 29.0 Å². The molecule has 0 aromatic carbocycles. The average molecular weight is 397 g/mol. The molecule has 2 bridgehead atoms. The topological polar surface area (TPSA) is 87.6 Å². The third kappa shape index (κ3) is 7.21. The van der Waals surface area contributed by atoms with Crippen LogP contribution >= 0.6 is 0 Å². The maximum Gasteiger partial charge on any atom is 2.00 e. The number of rotatable bonds is 2. The molecule has 0 aliphatic carbocycles. The van der Waals surface area contributed by atoms with Gasteiger partial charge in [-0.05, 0) is 14.1 Å². The molecule has 2 fully saturated rings. The molecule has 4 atom stereocenters. The van der Waals surface area contributed by atoms with Crippen molar-refractivity contribution in [2.75, 3.05) is 79.5 Å². The Morgan fingerprint density at radius 2 is 1.00 bits per heavy atom. The summed E-state index contributed by atoms with van der Waals surface area (Å²) in [7, 11) is 3.88. The van der Waals surface area contributed by atoms with Crippen molar-refractivity contribution in [1.29, 1.82) is 0 Å². The molecule has 1 radical (unpaired) electrons. The maximum atomic E-state index is 11.6. The van der Waals surface area contributed by atoms with Crippen LogP contribution in [-0.4, -0.2) is 121 Å². The molecule has 0 saturated carbocycles. The van der Waals surface area contributed by atoms with Crippen LogP contribution in [0, 0.1) is 11.8 Å². The fourth-order valence-electron chi connectivity index (χ4n) is 3.48. The number of hydrogen-bond acceptors (Lipinski definition) is 6. The first-order valence-electron chi connectivity index (χ1n) is 8.62. The van der Waals surface area contributed by atoms with Crippen molar-refractivity contribution in [1.82, 2.24) is 19.6 Å². The summed E-state index contributed by atoms with van der Waals surface area (Å²) in [4.78, 5) is 31.6. The third-order valence-corrected chi connectivity index (χ3v) is 5.05. The van der Waals surface area contributed by atoms with Crippen LogP contribution in [0.4, 0.5) is 0 Å². The van der Waals surface area contributed by atoms with E-state index < -0.39 is 11.9 Å². The molecule has 9 heteroatoms. The van der Waals surface area contributed by atoms with E-state index in [4.69, 9.17) is 0 Å². The molecule has 8 nitrogen and oxygen atoms in total. The molecular weight excluding hydrogens is 367 g/mol. The largest absolute Gasteiger partial charge is 2.00 e. The molecule has 143 valence electrons. The molecule has 0 aromatic heterocycles. The predicted molar refractivity (Wildman–Crippen MR) is 90.1 cm³/mol. The molecule has 25 heavy (non-hydrogen) atoms. The Morgan fingerprint density at radius 3 is 1.32 bits per heavy atom. The van der Waals surface area contributed by atoms with Gasteiger partial charge in [-0.2, -0.15) is 0 Å². The molecule has 2 rings (SSSR count). The van der Waals surface area contributed by atoms with Crippen LogP contribution in [0.1, 0.15) is 0 Å². The van der Waals surface area contributed by atoms with E-state index in [-0.39, 0.29) is 28.9 Å². The molecule has 4 unspecified atom stereocenters. The van der Waals surface area contributed by atoms with Crippen LogP contribution in [-0.2, 0) is 26.7 Å². The number of aliphatic carboxylic acids is 2. The van der Waals surface area contributed by atoms with E-state index >= 15 is 0 Å². The van der Waals surface area contributed by atoms with Crippen molar-refractivity contribution in [3.8, 4) is 0 Å². The summed E-state index contributed by atoms with van der Waals surface area (Å²) < 4.78 is 0. The van der Waals surface area contributed by atoms with Crippen LogP contribution in [0.5, 0.6) is 0 Å². The van der Waals surface area contributed by atoms with Crippen LogP contribution in [0.3, 0.4) is 0 Å². The smallest absolute Gasteiger partial charge is 0.481 e. The Balaban J connectivity index is 0.00000312. The second-order valence-corrected chi connectivity index (χ2v) is 7.20. The summed E-state index contributed by atoms with van der Waals surface area (Å²) in [6, 6.07) is 0. The molecule has 0 amide bonds. The number of carboxylic acid groups (broad SMARTS) is 2. The second kappa shape index (κ2) is 10.4. The summed E-state index contributed by atoms with van der Waals surface area (Å²) in [5, 5.41) is 19.0. The van der Waals surface area contributed by atoms with Crippen molar-refractivity contribution >= 4 is 11.9 Å². The van der Waals surface area contributed by atoms with Crippen LogP contribution in [0.25, 0.3) is 0 Å². The summed E-state index contributed by atoms with van der Waals surface area (Å²) in [6.45, 7) is 6.76. The van der Waals surface area contributed by atoms with Crippen molar-refractivity contribution in [3.05, 3.63) is 0 Å². The first-order chi connectivity index (χ1) is 11.3. The van der Waals surface area contributed by atoms with E-state index in [9.17, 15) is 19.8 Å². The van der Waals surface area contributed by atoms with Crippen LogP contribution < -0.4 is 0 Å². The number of nitrogens with zero attached hydrogens (tertiary/aromatic N) is 4. The van der Waals surface area contributed by atoms with Crippen LogP contribution in [0.15, 0.2) is 0 Å². The van der Waals surface area contributed by atoms with E-state index in [1.807, 2.05) is 23.9 Å². The number of carbonyl (C=O) groups is 2. The molecule has 2 aliphatic heterocycles. The van der Waals surface area contributed by atoms with Gasteiger partial charge in [0, 0.05) is 65.4 Å². The van der Waals surface area contributed by atoms with Gasteiger partial charge in [-0.15, -0.1) is 0 Å². The molecular formula is C16H30MnN4O4+2. The minimum absolute atomic E-state index is 0. The van der Waals surface area contributed by atoms with Gasteiger partial charge in [0.05, 0.1) is 11.8 Å². The SMILES string of the molecule is CN1CCN2CCN(CCN(C)CC(C(=O)O)C2)CC(C(=O)O)C1.[Mn+2]. The Hall–Kier alpha value is -0.701. The summed E-state index contributed by atoms with van der Waals surface area (Å²) in [5.41, 5.74) is 0. The van der Waals surface area contributed by atoms with E-state index in [0.29, 0.717) is 26.2 Å². The Bertz CT molecular complexity index is 414. The third-order valence-electron chi connectivity index (χ3n) is 5.05. The number of fused-ring (bicyclic) bond motifs is 3. The normalized spacial score (nSPS) is 33.2.